The first kappa shape index (κ1) is 11.2. The largest absolute Gasteiger partial charge is 0.463 e. The van der Waals surface area contributed by atoms with Crippen LogP contribution in [-0.4, -0.2) is 17.6 Å². The Hall–Kier alpha value is -1.90. The van der Waals surface area contributed by atoms with Crippen molar-refractivity contribution in [2.75, 3.05) is 6.61 Å². The van der Waals surface area contributed by atoms with E-state index in [1.54, 1.807) is 31.5 Å². The number of hydrogen-bond acceptors (Lipinski definition) is 3. The highest BCUT2D eigenvalue weighted by Gasteiger charge is 1.90. The molecule has 1 aromatic rings. The number of ether oxygens (including phenoxy) is 1. The summed E-state index contributed by atoms with van der Waals surface area (Å²) in [6.07, 6.45) is 10.1. The van der Waals surface area contributed by atoms with Gasteiger partial charge in [0, 0.05) is 18.5 Å². The topological polar surface area (TPSA) is 39.2 Å². The number of carbonyl (C=O) groups is 1. The maximum atomic E-state index is 10.9. The lowest BCUT2D eigenvalue weighted by Crippen LogP contribution is -1.98. The molecule has 1 aromatic heterocycles. The Balaban J connectivity index is 2.43. The van der Waals surface area contributed by atoms with Gasteiger partial charge in [-0.1, -0.05) is 24.3 Å². The van der Waals surface area contributed by atoms with E-state index in [1.165, 1.54) is 6.08 Å². The highest BCUT2D eigenvalue weighted by Crippen LogP contribution is 1.98. The van der Waals surface area contributed by atoms with E-state index < -0.39 is 0 Å². The van der Waals surface area contributed by atoms with Crippen molar-refractivity contribution in [3.63, 3.8) is 0 Å². The summed E-state index contributed by atoms with van der Waals surface area (Å²) in [5, 5.41) is 0. The molecule has 0 fully saturated rings. The average Bonchev–Trinajstić information content (AvgIpc) is 2.26. The predicted molar refractivity (Wildman–Crippen MR) is 59.0 cm³/mol. The number of pyridine rings is 1. The normalized spacial score (nSPS) is 11.0. The SMILES string of the molecule is CCOC(=O)C=CC=Cc1cccnc1. The number of rotatable bonds is 4. The summed E-state index contributed by atoms with van der Waals surface area (Å²) < 4.78 is 4.72. The molecular weight excluding hydrogens is 190 g/mol. The lowest BCUT2D eigenvalue weighted by Gasteiger charge is -1.92. The van der Waals surface area contributed by atoms with Crippen LogP contribution in [0.3, 0.4) is 0 Å². The zero-order chi connectivity index (χ0) is 10.9. The van der Waals surface area contributed by atoms with E-state index in [1.807, 2.05) is 18.2 Å². The van der Waals surface area contributed by atoms with Gasteiger partial charge in [0.2, 0.25) is 0 Å². The summed E-state index contributed by atoms with van der Waals surface area (Å²) in [4.78, 5) is 14.9. The van der Waals surface area contributed by atoms with Gasteiger partial charge in [-0.25, -0.2) is 4.79 Å². The van der Waals surface area contributed by atoms with Crippen molar-refractivity contribution in [2.45, 2.75) is 6.92 Å². The Morgan fingerprint density at radius 1 is 1.53 bits per heavy atom. The number of hydrogen-bond donors (Lipinski definition) is 0. The third-order valence-corrected chi connectivity index (χ3v) is 1.60. The van der Waals surface area contributed by atoms with Gasteiger partial charge >= 0.3 is 5.97 Å². The van der Waals surface area contributed by atoms with Crippen LogP contribution in [0.4, 0.5) is 0 Å². The molecule has 1 rings (SSSR count). The Kier molecular flexibility index (Phi) is 4.87. The molecule has 0 saturated carbocycles. The fourth-order valence-electron chi connectivity index (χ4n) is 0.966. The van der Waals surface area contributed by atoms with Crippen LogP contribution in [0, 0.1) is 0 Å². The zero-order valence-corrected chi connectivity index (χ0v) is 8.59. The first-order valence-electron chi connectivity index (χ1n) is 4.74. The summed E-state index contributed by atoms with van der Waals surface area (Å²) in [7, 11) is 0. The van der Waals surface area contributed by atoms with Gasteiger partial charge in [0.1, 0.15) is 0 Å². The number of esters is 1. The average molecular weight is 203 g/mol. The van der Waals surface area contributed by atoms with E-state index in [2.05, 4.69) is 4.98 Å². The van der Waals surface area contributed by atoms with Crippen LogP contribution in [0.25, 0.3) is 6.08 Å². The van der Waals surface area contributed by atoms with Crippen molar-refractivity contribution < 1.29 is 9.53 Å². The van der Waals surface area contributed by atoms with Crippen molar-refractivity contribution in [1.82, 2.24) is 4.98 Å². The summed E-state index contributed by atoms with van der Waals surface area (Å²) in [6, 6.07) is 3.79. The first-order chi connectivity index (χ1) is 7.33. The molecule has 0 aliphatic rings. The second-order valence-corrected chi connectivity index (χ2v) is 2.76. The molecule has 0 unspecified atom stereocenters. The molecule has 0 atom stereocenters. The Bertz CT molecular complexity index is 355. The molecule has 1 heterocycles. The van der Waals surface area contributed by atoms with Crippen LogP contribution < -0.4 is 0 Å². The van der Waals surface area contributed by atoms with Gasteiger partial charge in [0.05, 0.1) is 6.61 Å². The van der Waals surface area contributed by atoms with Crippen LogP contribution in [0.2, 0.25) is 0 Å². The Labute approximate surface area is 89.1 Å². The molecule has 0 aliphatic carbocycles. The van der Waals surface area contributed by atoms with Crippen molar-refractivity contribution >= 4 is 12.0 Å². The maximum Gasteiger partial charge on any atom is 0.330 e. The minimum absolute atomic E-state index is 0.326. The predicted octanol–water partition coefficient (Wildman–Crippen LogP) is 2.21. The molecule has 0 aliphatic heterocycles. The fourth-order valence-corrected chi connectivity index (χ4v) is 0.966. The van der Waals surface area contributed by atoms with E-state index >= 15 is 0 Å². The molecule has 0 radical (unpaired) electrons. The van der Waals surface area contributed by atoms with Crippen LogP contribution in [0.1, 0.15) is 12.5 Å². The maximum absolute atomic E-state index is 10.9. The molecule has 0 saturated heterocycles. The van der Waals surface area contributed by atoms with E-state index in [4.69, 9.17) is 4.74 Å². The van der Waals surface area contributed by atoms with Crippen molar-refractivity contribution in [3.8, 4) is 0 Å². The molecule has 0 spiro atoms. The molecule has 78 valence electrons. The van der Waals surface area contributed by atoms with E-state index in [0.29, 0.717) is 6.61 Å². The van der Waals surface area contributed by atoms with Gasteiger partial charge in [-0.05, 0) is 18.6 Å². The third kappa shape index (κ3) is 4.76. The van der Waals surface area contributed by atoms with Crippen molar-refractivity contribution in [1.29, 1.82) is 0 Å². The van der Waals surface area contributed by atoms with Gasteiger partial charge in [-0.2, -0.15) is 0 Å². The van der Waals surface area contributed by atoms with Crippen LogP contribution in [0.5, 0.6) is 0 Å². The van der Waals surface area contributed by atoms with Crippen LogP contribution >= 0.6 is 0 Å². The lowest BCUT2D eigenvalue weighted by atomic mass is 10.2. The van der Waals surface area contributed by atoms with Crippen LogP contribution in [-0.2, 0) is 9.53 Å². The fraction of sp³-hybridized carbons (Fsp3) is 0.167. The Morgan fingerprint density at radius 3 is 3.07 bits per heavy atom. The highest BCUT2D eigenvalue weighted by molar-refractivity contribution is 5.82. The number of aromatic nitrogens is 1. The quantitative estimate of drug-likeness (QED) is 0.428. The van der Waals surface area contributed by atoms with Crippen molar-refractivity contribution in [3.05, 3.63) is 48.3 Å². The second kappa shape index (κ2) is 6.54. The molecule has 3 heteroatoms. The summed E-state index contributed by atoms with van der Waals surface area (Å²) in [5.74, 6) is -0.326. The third-order valence-electron chi connectivity index (χ3n) is 1.60. The van der Waals surface area contributed by atoms with E-state index in [9.17, 15) is 4.79 Å². The first-order valence-corrected chi connectivity index (χ1v) is 4.74. The second-order valence-electron chi connectivity index (χ2n) is 2.76. The molecular formula is C12H13NO2. The van der Waals surface area contributed by atoms with Crippen LogP contribution in [0.15, 0.2) is 42.8 Å². The Morgan fingerprint density at radius 2 is 2.40 bits per heavy atom. The summed E-state index contributed by atoms with van der Waals surface area (Å²) in [6.45, 7) is 2.17. The number of allylic oxidation sites excluding steroid dienone is 2. The molecule has 15 heavy (non-hydrogen) atoms. The lowest BCUT2D eigenvalue weighted by molar-refractivity contribution is -0.137. The number of carbonyl (C=O) groups excluding carboxylic acids is 1. The van der Waals surface area contributed by atoms with Crippen molar-refractivity contribution in [2.24, 2.45) is 0 Å². The minimum Gasteiger partial charge on any atom is -0.463 e. The van der Waals surface area contributed by atoms with Gasteiger partial charge in [-0.3, -0.25) is 4.98 Å². The molecule has 0 bridgehead atoms. The minimum atomic E-state index is -0.326. The summed E-state index contributed by atoms with van der Waals surface area (Å²) >= 11 is 0. The molecule has 0 amide bonds. The molecule has 0 aromatic carbocycles. The monoisotopic (exact) mass is 203 g/mol. The van der Waals surface area contributed by atoms with Gasteiger partial charge < -0.3 is 4.74 Å². The van der Waals surface area contributed by atoms with Gasteiger partial charge in [-0.15, -0.1) is 0 Å². The van der Waals surface area contributed by atoms with E-state index in [-0.39, 0.29) is 5.97 Å². The molecule has 0 N–H and O–H groups in total. The highest BCUT2D eigenvalue weighted by atomic mass is 16.5. The smallest absolute Gasteiger partial charge is 0.330 e. The standard InChI is InChI=1S/C12H13NO2/c1-2-15-12(14)8-4-3-6-11-7-5-9-13-10-11/h3-10H,2H2,1H3. The van der Waals surface area contributed by atoms with Gasteiger partial charge in [0.25, 0.3) is 0 Å². The molecule has 3 nitrogen and oxygen atoms in total. The summed E-state index contributed by atoms with van der Waals surface area (Å²) in [5.41, 5.74) is 0.992. The zero-order valence-electron chi connectivity index (χ0n) is 8.59. The number of nitrogens with zero attached hydrogens (tertiary/aromatic N) is 1. The van der Waals surface area contributed by atoms with E-state index in [0.717, 1.165) is 5.56 Å². The van der Waals surface area contributed by atoms with Gasteiger partial charge in [0.15, 0.2) is 0 Å².